The van der Waals surface area contributed by atoms with Gasteiger partial charge in [0.25, 0.3) is 0 Å². The molecule has 0 saturated carbocycles. The molecular weight excluding hydrogens is 247 g/mol. The van der Waals surface area contributed by atoms with Crippen molar-refractivity contribution in [1.29, 1.82) is 0 Å². The van der Waals surface area contributed by atoms with E-state index in [-0.39, 0.29) is 15.9 Å². The topological polar surface area (TPSA) is 43.4 Å². The monoisotopic (exact) mass is 255 g/mol. The van der Waals surface area contributed by atoms with Gasteiger partial charge in [0.15, 0.2) is 0 Å². The van der Waals surface area contributed by atoms with Crippen LogP contribution in [0.1, 0.15) is 12.8 Å². The van der Waals surface area contributed by atoms with Crippen molar-refractivity contribution < 1.29 is 35.5 Å². The fourth-order valence-electron chi connectivity index (χ4n) is 0.807. The second-order valence-electron chi connectivity index (χ2n) is 2.01. The second kappa shape index (κ2) is 3.32. The maximum atomic E-state index is 10.9. The van der Waals surface area contributed by atoms with Gasteiger partial charge in [0.05, 0.1) is 0 Å². The summed E-state index contributed by atoms with van der Waals surface area (Å²) in [5.41, 5.74) is 0. The van der Waals surface area contributed by atoms with Crippen LogP contribution >= 0.6 is 0 Å². The van der Waals surface area contributed by atoms with Crippen molar-refractivity contribution in [3.8, 4) is 0 Å². The van der Waals surface area contributed by atoms with Crippen LogP contribution < -0.4 is 21.2 Å². The Morgan fingerprint density at radius 3 is 2.90 bits per heavy atom. The average molecular weight is 255 g/mol. The first kappa shape index (κ1) is 7.97. The fraction of sp³-hybridized carbons (Fsp3) is 0.667. The van der Waals surface area contributed by atoms with Gasteiger partial charge in [-0.2, -0.15) is 0 Å². The molecule has 0 bridgehead atoms. The molecule has 0 radical (unpaired) electrons. The Kier molecular flexibility index (Phi) is 2.64. The third-order valence-corrected chi connectivity index (χ3v) is 3.08. The molecule has 3 nitrogen and oxygen atoms in total. The molecule has 1 saturated heterocycles. The molecule has 0 aromatic rings. The van der Waals surface area contributed by atoms with E-state index < -0.39 is 21.2 Å². The zero-order valence-electron chi connectivity index (χ0n) is 5.59. The van der Waals surface area contributed by atoms with Gasteiger partial charge in [-0.05, 0) is 0 Å². The average Bonchev–Trinajstić information content (AvgIpc) is 2.34. The summed E-state index contributed by atoms with van der Waals surface area (Å²) in [5.74, 6) is -0.226. The van der Waals surface area contributed by atoms with Crippen molar-refractivity contribution >= 4 is 9.76 Å². The van der Waals surface area contributed by atoms with Crippen LogP contribution in [0.3, 0.4) is 0 Å². The van der Waals surface area contributed by atoms with E-state index in [2.05, 4.69) is 0 Å². The number of alkyl halides is 1. The van der Waals surface area contributed by atoms with E-state index >= 15 is 0 Å². The fourth-order valence-corrected chi connectivity index (χ4v) is 1.94. The van der Waals surface area contributed by atoms with Crippen LogP contribution in [-0.4, -0.2) is 20.8 Å². The van der Waals surface area contributed by atoms with Gasteiger partial charge >= 0.3 is 69.2 Å². The van der Waals surface area contributed by atoms with Crippen LogP contribution in [0.15, 0.2) is 0 Å². The molecule has 0 spiro atoms. The van der Waals surface area contributed by atoms with Crippen molar-refractivity contribution in [3.63, 3.8) is 0 Å². The zero-order chi connectivity index (χ0) is 7.56. The van der Waals surface area contributed by atoms with Crippen LogP contribution in [-0.2, 0) is 14.3 Å². The number of cyclic esters (lactones) is 1. The van der Waals surface area contributed by atoms with E-state index in [0.29, 0.717) is 12.8 Å². The summed E-state index contributed by atoms with van der Waals surface area (Å²) in [6.07, 6.45) is 0.635. The van der Waals surface area contributed by atoms with Gasteiger partial charge in [0, 0.05) is 0 Å². The molecule has 0 aliphatic carbocycles. The van der Waals surface area contributed by atoms with Crippen LogP contribution in [0.25, 0.3) is 0 Å². The molecule has 58 valence electrons. The Morgan fingerprint density at radius 2 is 2.50 bits per heavy atom. The molecule has 4 heteroatoms. The van der Waals surface area contributed by atoms with Crippen molar-refractivity contribution in [2.45, 2.75) is 18.9 Å². The van der Waals surface area contributed by atoms with E-state index in [4.69, 9.17) is 4.74 Å². The van der Waals surface area contributed by atoms with Gasteiger partial charge in [-0.15, -0.1) is 0 Å². The summed E-state index contributed by atoms with van der Waals surface area (Å²) in [6.45, 7) is 0. The first-order chi connectivity index (χ1) is 4.74. The number of rotatable bonds is 2. The van der Waals surface area contributed by atoms with Gasteiger partial charge in [-0.1, -0.05) is 0 Å². The molecule has 1 atom stereocenters. The summed E-state index contributed by atoms with van der Waals surface area (Å²) in [6, 6.07) is 0. The third kappa shape index (κ3) is 1.68. The van der Waals surface area contributed by atoms with Crippen LogP contribution in [0, 0.1) is 0 Å². The molecular formula is C6H8IO3-. The van der Waals surface area contributed by atoms with E-state index in [1.165, 1.54) is 0 Å². The predicted octanol–water partition coefficient (Wildman–Crippen LogP) is -3.06. The Balaban J connectivity index is 2.44. The van der Waals surface area contributed by atoms with E-state index in [9.17, 15) is 9.59 Å². The van der Waals surface area contributed by atoms with Crippen LogP contribution in [0.4, 0.5) is 0 Å². The van der Waals surface area contributed by atoms with E-state index in [0.717, 1.165) is 0 Å². The van der Waals surface area contributed by atoms with Gasteiger partial charge in [0.2, 0.25) is 0 Å². The zero-order valence-corrected chi connectivity index (χ0v) is 7.75. The number of carbonyl (C=O) groups excluding carboxylic acids is 2. The third-order valence-electron chi connectivity index (χ3n) is 1.32. The molecule has 1 fully saturated rings. The molecule has 1 aliphatic heterocycles. The summed E-state index contributed by atoms with van der Waals surface area (Å²) in [5, 5.41) is 0. The molecule has 0 amide bonds. The number of hydrogen-bond donors (Lipinski definition) is 0. The SMILES string of the molecule is C[I-]C(=O)C1CCC(=O)O1. The number of carbonyl (C=O) groups is 2. The Labute approximate surface area is 69.4 Å². The summed E-state index contributed by atoms with van der Waals surface area (Å²) in [7, 11) is 0. The standard InChI is InChI=1S/C6H8IO3/c1-7-6(9)4-2-3-5(8)10-4/h4H,2-3H2,1H3/q-1. The first-order valence-electron chi connectivity index (χ1n) is 2.97. The molecule has 10 heavy (non-hydrogen) atoms. The van der Waals surface area contributed by atoms with Crippen LogP contribution in [0.2, 0.25) is 0 Å². The van der Waals surface area contributed by atoms with Crippen LogP contribution in [0.5, 0.6) is 0 Å². The Morgan fingerprint density at radius 1 is 1.80 bits per heavy atom. The van der Waals surface area contributed by atoms with Gasteiger partial charge in [-0.3, -0.25) is 0 Å². The van der Waals surface area contributed by atoms with Crippen molar-refractivity contribution in [2.24, 2.45) is 0 Å². The molecule has 1 rings (SSSR count). The minimum absolute atomic E-state index is 0.143. The van der Waals surface area contributed by atoms with Gasteiger partial charge in [0.1, 0.15) is 0 Å². The van der Waals surface area contributed by atoms with E-state index in [1.54, 1.807) is 0 Å². The van der Waals surface area contributed by atoms with Crippen molar-refractivity contribution in [3.05, 3.63) is 0 Å². The van der Waals surface area contributed by atoms with E-state index in [1.807, 2.05) is 4.93 Å². The summed E-state index contributed by atoms with van der Waals surface area (Å²) >= 11 is -0.404. The van der Waals surface area contributed by atoms with Gasteiger partial charge < -0.3 is 0 Å². The summed E-state index contributed by atoms with van der Waals surface area (Å²) < 4.78 is 4.90. The Bertz CT molecular complexity index is 166. The normalized spacial score (nSPS) is 24.9. The van der Waals surface area contributed by atoms with Gasteiger partial charge in [-0.25, -0.2) is 0 Å². The predicted molar refractivity (Wildman–Crippen MR) is 30.0 cm³/mol. The first-order valence-corrected chi connectivity index (χ1v) is 6.20. The molecule has 0 aromatic carbocycles. The van der Waals surface area contributed by atoms with Crippen molar-refractivity contribution in [2.75, 3.05) is 4.93 Å². The minimum atomic E-state index is -0.404. The van der Waals surface area contributed by atoms with Crippen molar-refractivity contribution in [1.82, 2.24) is 0 Å². The number of hydrogen-bond acceptors (Lipinski definition) is 3. The molecule has 1 unspecified atom stereocenters. The maximum absolute atomic E-state index is 10.9. The second-order valence-corrected chi connectivity index (χ2v) is 4.15. The molecule has 1 heterocycles. The number of esters is 1. The Hall–Kier alpha value is -0.130. The molecule has 0 N–H and O–H groups in total. The molecule has 1 aliphatic rings. The number of ether oxygens (including phenoxy) is 1. The quantitative estimate of drug-likeness (QED) is 0.228. The molecule has 0 aromatic heterocycles. The number of halogens is 1. The summed E-state index contributed by atoms with van der Waals surface area (Å²) in [4.78, 5) is 23.3.